The van der Waals surface area contributed by atoms with Crippen LogP contribution in [0, 0.1) is 6.43 Å². The van der Waals surface area contributed by atoms with Gasteiger partial charge in [0.2, 0.25) is 0 Å². The van der Waals surface area contributed by atoms with Crippen LogP contribution in [0.15, 0.2) is 24.3 Å². The lowest BCUT2D eigenvalue weighted by Crippen LogP contribution is -1.85. The minimum absolute atomic E-state index is 0.0641. The predicted octanol–water partition coefficient (Wildman–Crippen LogP) is 2.47. The fraction of sp³-hybridized carbons (Fsp3) is 0.125. The highest BCUT2D eigenvalue weighted by atomic mass is 19.3. The van der Waals surface area contributed by atoms with Gasteiger partial charge in [0.15, 0.2) is 0 Å². The second kappa shape index (κ2) is 3.32. The van der Waals surface area contributed by atoms with Gasteiger partial charge < -0.3 is 4.74 Å². The third-order valence-electron chi connectivity index (χ3n) is 1.31. The van der Waals surface area contributed by atoms with Crippen LogP contribution in [-0.2, 0) is 0 Å². The van der Waals surface area contributed by atoms with E-state index >= 15 is 0 Å². The summed E-state index contributed by atoms with van der Waals surface area (Å²) in [7, 11) is 1.49. The molecule has 0 atom stereocenters. The van der Waals surface area contributed by atoms with Gasteiger partial charge in [0, 0.05) is 5.56 Å². The van der Waals surface area contributed by atoms with Crippen LogP contribution in [0.4, 0.5) is 8.78 Å². The normalized spacial score (nSPS) is 10.2. The highest BCUT2D eigenvalue weighted by molar-refractivity contribution is 5.31. The van der Waals surface area contributed by atoms with Gasteiger partial charge in [0.1, 0.15) is 5.75 Å². The molecule has 3 heteroatoms. The van der Waals surface area contributed by atoms with E-state index in [-0.39, 0.29) is 5.56 Å². The number of hydrogen-bond acceptors (Lipinski definition) is 1. The Hall–Kier alpha value is -1.12. The van der Waals surface area contributed by atoms with Gasteiger partial charge in [0.25, 0.3) is 0 Å². The molecule has 1 nitrogen and oxygen atoms in total. The second-order valence-electron chi connectivity index (χ2n) is 1.99. The van der Waals surface area contributed by atoms with Crippen molar-refractivity contribution < 1.29 is 13.5 Å². The first-order valence-corrected chi connectivity index (χ1v) is 3.06. The Kier molecular flexibility index (Phi) is 2.41. The Morgan fingerprint density at radius 2 is 1.73 bits per heavy atom. The van der Waals surface area contributed by atoms with Crippen LogP contribution in [-0.4, -0.2) is 7.11 Å². The smallest absolute Gasteiger partial charge is 0.339 e. The zero-order valence-corrected chi connectivity index (χ0v) is 5.97. The SMILES string of the molecule is COc1ccc([C](F)F)cc1. The number of halogens is 2. The van der Waals surface area contributed by atoms with Gasteiger partial charge in [-0.15, -0.1) is 0 Å². The van der Waals surface area contributed by atoms with Gasteiger partial charge in [-0.3, -0.25) is 0 Å². The van der Waals surface area contributed by atoms with Crippen molar-refractivity contribution in [2.75, 3.05) is 7.11 Å². The minimum Gasteiger partial charge on any atom is -0.497 e. The number of benzene rings is 1. The van der Waals surface area contributed by atoms with Crippen LogP contribution in [0.25, 0.3) is 0 Å². The van der Waals surface area contributed by atoms with Gasteiger partial charge in [-0.2, -0.15) is 8.78 Å². The van der Waals surface area contributed by atoms with Gasteiger partial charge in [-0.25, -0.2) is 0 Å². The monoisotopic (exact) mass is 157 g/mol. The van der Waals surface area contributed by atoms with Crippen molar-refractivity contribution in [3.63, 3.8) is 0 Å². The van der Waals surface area contributed by atoms with Crippen LogP contribution < -0.4 is 4.74 Å². The van der Waals surface area contributed by atoms with Crippen molar-refractivity contribution in [3.05, 3.63) is 36.3 Å². The molecular formula is C8H7F2O. The molecule has 0 bridgehead atoms. The third-order valence-corrected chi connectivity index (χ3v) is 1.31. The number of rotatable bonds is 2. The van der Waals surface area contributed by atoms with E-state index in [2.05, 4.69) is 0 Å². The van der Waals surface area contributed by atoms with E-state index in [9.17, 15) is 8.78 Å². The second-order valence-corrected chi connectivity index (χ2v) is 1.99. The molecule has 1 radical (unpaired) electrons. The van der Waals surface area contributed by atoms with Gasteiger partial charge >= 0.3 is 6.43 Å². The summed E-state index contributed by atoms with van der Waals surface area (Å²) in [5.41, 5.74) is -0.0641. The Morgan fingerprint density at radius 1 is 1.18 bits per heavy atom. The Balaban J connectivity index is 2.83. The van der Waals surface area contributed by atoms with Crippen molar-refractivity contribution in [1.82, 2.24) is 0 Å². The molecule has 0 saturated heterocycles. The van der Waals surface area contributed by atoms with E-state index in [1.165, 1.54) is 31.4 Å². The number of hydrogen-bond donors (Lipinski definition) is 0. The molecule has 0 spiro atoms. The largest absolute Gasteiger partial charge is 0.497 e. The van der Waals surface area contributed by atoms with Crippen molar-refractivity contribution in [3.8, 4) is 5.75 Å². The van der Waals surface area contributed by atoms with E-state index in [4.69, 9.17) is 4.74 Å². The summed E-state index contributed by atoms with van der Waals surface area (Å²) in [6.45, 7) is 0. The first-order chi connectivity index (χ1) is 5.24. The summed E-state index contributed by atoms with van der Waals surface area (Å²) >= 11 is 0. The molecule has 0 fully saturated rings. The fourth-order valence-electron chi connectivity index (χ4n) is 0.717. The number of ether oxygens (including phenoxy) is 1. The summed E-state index contributed by atoms with van der Waals surface area (Å²) in [6.07, 6.45) is -1.67. The van der Waals surface area contributed by atoms with Crippen LogP contribution in [0.3, 0.4) is 0 Å². The van der Waals surface area contributed by atoms with Crippen molar-refractivity contribution >= 4 is 0 Å². The third kappa shape index (κ3) is 1.90. The molecule has 0 aromatic heterocycles. The molecule has 0 heterocycles. The molecule has 0 amide bonds. The summed E-state index contributed by atoms with van der Waals surface area (Å²) in [4.78, 5) is 0. The molecule has 0 aliphatic carbocycles. The summed E-state index contributed by atoms with van der Waals surface area (Å²) in [5.74, 6) is 0.579. The molecule has 0 aliphatic rings. The fourth-order valence-corrected chi connectivity index (χ4v) is 0.717. The molecule has 0 N–H and O–H groups in total. The summed E-state index contributed by atoms with van der Waals surface area (Å²) in [5, 5.41) is 0. The molecule has 1 aromatic rings. The average molecular weight is 157 g/mol. The van der Waals surface area contributed by atoms with Gasteiger partial charge in [-0.1, -0.05) is 0 Å². The quantitative estimate of drug-likeness (QED) is 0.640. The molecule has 59 valence electrons. The number of methoxy groups -OCH3 is 1. The van der Waals surface area contributed by atoms with Crippen LogP contribution in [0.5, 0.6) is 5.75 Å². The van der Waals surface area contributed by atoms with E-state index in [1.54, 1.807) is 0 Å². The standard InChI is InChI=1S/C8H7F2O/c1-11-7-4-2-6(3-5-7)8(9)10/h2-5H,1H3. The van der Waals surface area contributed by atoms with Crippen LogP contribution in [0.2, 0.25) is 0 Å². The van der Waals surface area contributed by atoms with Crippen molar-refractivity contribution in [2.24, 2.45) is 0 Å². The van der Waals surface area contributed by atoms with Crippen molar-refractivity contribution in [1.29, 1.82) is 0 Å². The lowest BCUT2D eigenvalue weighted by atomic mass is 10.2. The first kappa shape index (κ1) is 7.98. The zero-order valence-electron chi connectivity index (χ0n) is 5.97. The molecule has 11 heavy (non-hydrogen) atoms. The Labute approximate surface area is 63.6 Å². The average Bonchev–Trinajstić information content (AvgIpc) is 2.05. The molecule has 1 aromatic carbocycles. The highest BCUT2D eigenvalue weighted by Gasteiger charge is 2.07. The predicted molar refractivity (Wildman–Crippen MR) is 37.6 cm³/mol. The Morgan fingerprint density at radius 3 is 2.09 bits per heavy atom. The van der Waals surface area contributed by atoms with Crippen molar-refractivity contribution in [2.45, 2.75) is 0 Å². The maximum atomic E-state index is 11.9. The molecular weight excluding hydrogens is 150 g/mol. The minimum atomic E-state index is -1.67. The van der Waals surface area contributed by atoms with E-state index in [0.29, 0.717) is 5.75 Å². The molecule has 0 saturated carbocycles. The lowest BCUT2D eigenvalue weighted by molar-refractivity contribution is 0.324. The molecule has 1 rings (SSSR count). The maximum absolute atomic E-state index is 11.9. The van der Waals surface area contributed by atoms with Gasteiger partial charge in [0.05, 0.1) is 7.11 Å². The van der Waals surface area contributed by atoms with E-state index in [1.807, 2.05) is 0 Å². The highest BCUT2D eigenvalue weighted by Crippen LogP contribution is 2.19. The summed E-state index contributed by atoms with van der Waals surface area (Å²) < 4.78 is 28.6. The Bertz CT molecular complexity index is 218. The first-order valence-electron chi connectivity index (χ1n) is 3.06. The topological polar surface area (TPSA) is 9.23 Å². The molecule has 0 aliphatic heterocycles. The zero-order chi connectivity index (χ0) is 8.27. The van der Waals surface area contributed by atoms with E-state index in [0.717, 1.165) is 0 Å². The van der Waals surface area contributed by atoms with Crippen LogP contribution >= 0.6 is 0 Å². The molecule has 0 unspecified atom stereocenters. The van der Waals surface area contributed by atoms with E-state index < -0.39 is 6.43 Å². The van der Waals surface area contributed by atoms with Crippen LogP contribution in [0.1, 0.15) is 5.56 Å². The maximum Gasteiger partial charge on any atom is 0.339 e. The lowest BCUT2D eigenvalue weighted by Gasteiger charge is -1.99. The van der Waals surface area contributed by atoms with Gasteiger partial charge in [-0.05, 0) is 24.3 Å². The summed E-state index contributed by atoms with van der Waals surface area (Å²) in [6, 6.07) is 5.62.